The number of hydrogen-bond acceptors (Lipinski definition) is 4. The van der Waals surface area contributed by atoms with Crippen LogP contribution in [0.3, 0.4) is 0 Å². The Morgan fingerprint density at radius 2 is 2.05 bits per heavy atom. The van der Waals surface area contributed by atoms with E-state index in [9.17, 15) is 0 Å². The molecule has 0 saturated carbocycles. The third-order valence-electron chi connectivity index (χ3n) is 3.31. The van der Waals surface area contributed by atoms with E-state index in [0.717, 1.165) is 29.5 Å². The maximum atomic E-state index is 4.82. The van der Waals surface area contributed by atoms with Gasteiger partial charge in [-0.25, -0.2) is 9.97 Å². The van der Waals surface area contributed by atoms with E-state index in [4.69, 9.17) is 4.98 Å². The van der Waals surface area contributed by atoms with Crippen LogP contribution >= 0.6 is 11.3 Å². The van der Waals surface area contributed by atoms with Crippen LogP contribution in [0.5, 0.6) is 0 Å². The molecule has 2 heterocycles. The van der Waals surface area contributed by atoms with Crippen molar-refractivity contribution in [1.29, 1.82) is 0 Å². The molecule has 21 heavy (non-hydrogen) atoms. The Labute approximate surface area is 128 Å². The zero-order valence-electron chi connectivity index (χ0n) is 12.2. The number of nitrogens with zero attached hydrogens (tertiary/aromatic N) is 3. The SMILES string of the molecule is CCNCc1nc(-c2cncn2C)sc1-c1ccccc1. The molecule has 0 aliphatic carbocycles. The third-order valence-corrected chi connectivity index (χ3v) is 4.48. The summed E-state index contributed by atoms with van der Waals surface area (Å²) in [6.07, 6.45) is 3.67. The first-order valence-electron chi connectivity index (χ1n) is 7.02. The van der Waals surface area contributed by atoms with Gasteiger partial charge in [-0.1, -0.05) is 37.3 Å². The van der Waals surface area contributed by atoms with E-state index in [-0.39, 0.29) is 0 Å². The van der Waals surface area contributed by atoms with Crippen LogP contribution in [-0.2, 0) is 13.6 Å². The van der Waals surface area contributed by atoms with Crippen LogP contribution in [0.25, 0.3) is 21.1 Å². The molecular formula is C16H18N4S. The molecule has 3 aromatic rings. The van der Waals surface area contributed by atoms with Gasteiger partial charge in [-0.15, -0.1) is 11.3 Å². The molecule has 0 unspecified atom stereocenters. The zero-order valence-corrected chi connectivity index (χ0v) is 13.0. The lowest BCUT2D eigenvalue weighted by Crippen LogP contribution is -2.12. The fourth-order valence-electron chi connectivity index (χ4n) is 2.20. The lowest BCUT2D eigenvalue weighted by molar-refractivity contribution is 0.715. The summed E-state index contributed by atoms with van der Waals surface area (Å²) >= 11 is 1.72. The first-order chi connectivity index (χ1) is 10.3. The minimum absolute atomic E-state index is 0.787. The van der Waals surface area contributed by atoms with E-state index in [0.29, 0.717) is 0 Å². The number of nitrogens with one attached hydrogen (secondary N) is 1. The van der Waals surface area contributed by atoms with Crippen molar-refractivity contribution in [3.05, 3.63) is 48.5 Å². The van der Waals surface area contributed by atoms with E-state index in [2.05, 4.69) is 41.5 Å². The fourth-order valence-corrected chi connectivity index (χ4v) is 3.34. The first-order valence-corrected chi connectivity index (χ1v) is 7.83. The Hall–Kier alpha value is -1.98. The van der Waals surface area contributed by atoms with Gasteiger partial charge in [0.15, 0.2) is 0 Å². The molecule has 0 aliphatic rings. The summed E-state index contributed by atoms with van der Waals surface area (Å²) in [6, 6.07) is 10.4. The van der Waals surface area contributed by atoms with Crippen molar-refractivity contribution in [2.45, 2.75) is 13.5 Å². The molecule has 3 rings (SSSR count). The predicted molar refractivity (Wildman–Crippen MR) is 87.1 cm³/mol. The Morgan fingerprint density at radius 3 is 2.71 bits per heavy atom. The van der Waals surface area contributed by atoms with Gasteiger partial charge in [-0.05, 0) is 12.1 Å². The van der Waals surface area contributed by atoms with Crippen LogP contribution in [0.2, 0.25) is 0 Å². The summed E-state index contributed by atoms with van der Waals surface area (Å²) in [7, 11) is 2.00. The number of benzene rings is 1. The zero-order chi connectivity index (χ0) is 14.7. The average Bonchev–Trinajstić information content (AvgIpc) is 3.12. The van der Waals surface area contributed by atoms with Crippen molar-refractivity contribution >= 4 is 11.3 Å². The number of aromatic nitrogens is 3. The molecule has 0 spiro atoms. The summed E-state index contributed by atoms with van der Waals surface area (Å²) in [5, 5.41) is 4.39. The van der Waals surface area contributed by atoms with Gasteiger partial charge in [0.25, 0.3) is 0 Å². The van der Waals surface area contributed by atoms with Gasteiger partial charge in [0.2, 0.25) is 0 Å². The molecular weight excluding hydrogens is 280 g/mol. The van der Waals surface area contributed by atoms with Crippen LogP contribution in [0, 0.1) is 0 Å². The van der Waals surface area contributed by atoms with Crippen molar-refractivity contribution in [2.75, 3.05) is 6.54 Å². The highest BCUT2D eigenvalue weighted by Gasteiger charge is 2.15. The van der Waals surface area contributed by atoms with Gasteiger partial charge >= 0.3 is 0 Å². The maximum absolute atomic E-state index is 4.82. The molecule has 0 fully saturated rings. The lowest BCUT2D eigenvalue weighted by atomic mass is 10.1. The molecule has 0 atom stereocenters. The minimum atomic E-state index is 0.787. The molecule has 4 nitrogen and oxygen atoms in total. The van der Waals surface area contributed by atoms with Crippen molar-refractivity contribution in [3.8, 4) is 21.1 Å². The lowest BCUT2D eigenvalue weighted by Gasteiger charge is -2.02. The number of rotatable bonds is 5. The number of imidazole rings is 1. The van der Waals surface area contributed by atoms with Crippen molar-refractivity contribution in [3.63, 3.8) is 0 Å². The van der Waals surface area contributed by atoms with Gasteiger partial charge in [0.05, 0.1) is 28.8 Å². The molecule has 0 bridgehead atoms. The molecule has 1 aromatic carbocycles. The molecule has 0 radical (unpaired) electrons. The highest BCUT2D eigenvalue weighted by atomic mass is 32.1. The van der Waals surface area contributed by atoms with E-state index in [1.54, 1.807) is 11.3 Å². The van der Waals surface area contributed by atoms with Gasteiger partial charge in [0, 0.05) is 13.6 Å². The predicted octanol–water partition coefficient (Wildman–Crippen LogP) is 3.32. The van der Waals surface area contributed by atoms with Crippen molar-refractivity contribution < 1.29 is 0 Å². The second kappa shape index (κ2) is 6.20. The summed E-state index contributed by atoms with van der Waals surface area (Å²) in [6.45, 7) is 3.83. The van der Waals surface area contributed by atoms with Gasteiger partial charge < -0.3 is 9.88 Å². The molecule has 0 aliphatic heterocycles. The Kier molecular flexibility index (Phi) is 4.13. The van der Waals surface area contributed by atoms with Crippen LogP contribution < -0.4 is 5.32 Å². The van der Waals surface area contributed by atoms with E-state index >= 15 is 0 Å². The summed E-state index contributed by atoms with van der Waals surface area (Å²) in [4.78, 5) is 10.2. The second-order valence-electron chi connectivity index (χ2n) is 4.83. The highest BCUT2D eigenvalue weighted by molar-refractivity contribution is 7.18. The first kappa shape index (κ1) is 14.0. The van der Waals surface area contributed by atoms with Crippen LogP contribution in [0.1, 0.15) is 12.6 Å². The molecule has 2 aromatic heterocycles. The van der Waals surface area contributed by atoms with Crippen LogP contribution in [0.15, 0.2) is 42.9 Å². The number of hydrogen-bond donors (Lipinski definition) is 1. The normalized spacial score (nSPS) is 11.0. The van der Waals surface area contributed by atoms with Gasteiger partial charge in [0.1, 0.15) is 5.01 Å². The third kappa shape index (κ3) is 2.89. The standard InChI is InChI=1S/C16H18N4S/c1-3-17-9-13-15(12-7-5-4-6-8-12)21-16(19-13)14-10-18-11-20(14)2/h4-8,10-11,17H,3,9H2,1-2H3. The summed E-state index contributed by atoms with van der Waals surface area (Å²) in [5.41, 5.74) is 3.38. The summed E-state index contributed by atoms with van der Waals surface area (Å²) in [5.74, 6) is 0. The van der Waals surface area contributed by atoms with Crippen molar-refractivity contribution in [2.24, 2.45) is 7.05 Å². The molecule has 5 heteroatoms. The smallest absolute Gasteiger partial charge is 0.142 e. The quantitative estimate of drug-likeness (QED) is 0.786. The Bertz CT molecular complexity index is 715. The van der Waals surface area contributed by atoms with Gasteiger partial charge in [-0.2, -0.15) is 0 Å². The van der Waals surface area contributed by atoms with E-state index in [1.165, 1.54) is 10.4 Å². The van der Waals surface area contributed by atoms with Crippen LogP contribution in [-0.4, -0.2) is 21.1 Å². The fraction of sp³-hybridized carbons (Fsp3) is 0.250. The topological polar surface area (TPSA) is 42.7 Å². The largest absolute Gasteiger partial charge is 0.332 e. The molecule has 0 saturated heterocycles. The molecule has 108 valence electrons. The number of thiazole rings is 1. The Morgan fingerprint density at radius 1 is 1.24 bits per heavy atom. The molecule has 0 amide bonds. The van der Waals surface area contributed by atoms with Gasteiger partial charge in [-0.3, -0.25) is 0 Å². The minimum Gasteiger partial charge on any atom is -0.332 e. The Balaban J connectivity index is 2.05. The average molecular weight is 298 g/mol. The second-order valence-corrected chi connectivity index (χ2v) is 5.83. The van der Waals surface area contributed by atoms with E-state index in [1.807, 2.05) is 30.2 Å². The van der Waals surface area contributed by atoms with Crippen LogP contribution in [0.4, 0.5) is 0 Å². The van der Waals surface area contributed by atoms with E-state index < -0.39 is 0 Å². The maximum Gasteiger partial charge on any atom is 0.142 e. The van der Waals surface area contributed by atoms with Crippen molar-refractivity contribution in [1.82, 2.24) is 19.9 Å². The molecule has 1 N–H and O–H groups in total. The highest BCUT2D eigenvalue weighted by Crippen LogP contribution is 2.35. The summed E-state index contributed by atoms with van der Waals surface area (Å²) < 4.78 is 2.00. The number of aryl methyl sites for hydroxylation is 1. The monoisotopic (exact) mass is 298 g/mol.